The number of para-hydroxylation sites is 1. The first kappa shape index (κ1) is 18.9. The predicted octanol–water partition coefficient (Wildman–Crippen LogP) is 4.73. The van der Waals surface area contributed by atoms with Crippen LogP contribution >= 0.6 is 0 Å². The molecule has 7 heteroatoms. The molecule has 2 aromatic carbocycles. The highest BCUT2D eigenvalue weighted by Crippen LogP contribution is 2.43. The quantitative estimate of drug-likeness (QED) is 0.425. The summed E-state index contributed by atoms with van der Waals surface area (Å²) in [4.78, 5) is 14.9. The zero-order valence-electron chi connectivity index (χ0n) is 15.6. The number of carbonyl (C=O) groups excluding carboxylic acids is 1. The highest BCUT2D eigenvalue weighted by atomic mass is 19.2. The Balaban J connectivity index is 1.85. The Labute approximate surface area is 165 Å². The largest absolute Gasteiger partial charge is 0.497 e. The molecule has 0 saturated carbocycles. The average Bonchev–Trinajstić information content (AvgIpc) is 2.74. The minimum atomic E-state index is -1.55. The van der Waals surface area contributed by atoms with Gasteiger partial charge in [0, 0.05) is 30.1 Å². The standard InChI is InChI=1S/C22H16F3NO3/c1-26-17-6-4-3-5-13(17)19(14-8-7-12(28-2)11-18(14)26)22(27)29-21-16(24)10-9-15(23)20(21)25/h3-7,9-11H,8H2,1-2H3. The lowest BCUT2D eigenvalue weighted by molar-refractivity contribution is -0.128. The number of hydrogen-bond donors (Lipinski definition) is 0. The lowest BCUT2D eigenvalue weighted by Gasteiger charge is -2.34. The van der Waals surface area contributed by atoms with E-state index < -0.39 is 29.2 Å². The minimum absolute atomic E-state index is 0.166. The molecule has 1 heterocycles. The van der Waals surface area contributed by atoms with Crippen molar-refractivity contribution < 1.29 is 27.4 Å². The number of rotatable bonds is 3. The van der Waals surface area contributed by atoms with E-state index in [-0.39, 0.29) is 5.57 Å². The second-order valence-corrected chi connectivity index (χ2v) is 6.54. The van der Waals surface area contributed by atoms with Crippen LogP contribution in [0.25, 0.3) is 5.57 Å². The molecule has 0 N–H and O–H groups in total. The average molecular weight is 399 g/mol. The third-order valence-corrected chi connectivity index (χ3v) is 4.93. The van der Waals surface area contributed by atoms with Crippen molar-refractivity contribution in [1.29, 1.82) is 0 Å². The Morgan fingerprint density at radius 2 is 1.79 bits per heavy atom. The smallest absolute Gasteiger partial charge is 0.344 e. The third-order valence-electron chi connectivity index (χ3n) is 4.93. The molecule has 148 valence electrons. The van der Waals surface area contributed by atoms with Gasteiger partial charge < -0.3 is 14.4 Å². The van der Waals surface area contributed by atoms with E-state index in [1.165, 1.54) is 0 Å². The van der Waals surface area contributed by atoms with E-state index >= 15 is 0 Å². The Morgan fingerprint density at radius 1 is 1.07 bits per heavy atom. The monoisotopic (exact) mass is 399 g/mol. The molecule has 0 bridgehead atoms. The van der Waals surface area contributed by atoms with Gasteiger partial charge in [-0.2, -0.15) is 4.39 Å². The fourth-order valence-electron chi connectivity index (χ4n) is 3.51. The predicted molar refractivity (Wildman–Crippen MR) is 102 cm³/mol. The molecule has 0 saturated heterocycles. The molecule has 0 atom stereocenters. The number of benzene rings is 2. The first-order valence-electron chi connectivity index (χ1n) is 8.80. The second-order valence-electron chi connectivity index (χ2n) is 6.54. The highest BCUT2D eigenvalue weighted by Gasteiger charge is 2.33. The topological polar surface area (TPSA) is 38.8 Å². The lowest BCUT2D eigenvalue weighted by atomic mass is 9.87. The molecule has 0 amide bonds. The normalized spacial score (nSPS) is 15.3. The van der Waals surface area contributed by atoms with Gasteiger partial charge in [0.05, 0.1) is 12.7 Å². The molecular formula is C22H16F3NO3. The van der Waals surface area contributed by atoms with Crippen LogP contribution in [0.2, 0.25) is 0 Å². The summed E-state index contributed by atoms with van der Waals surface area (Å²) in [5.41, 5.74) is 2.76. The molecule has 0 fully saturated rings. The van der Waals surface area contributed by atoms with Crippen molar-refractivity contribution in [3.63, 3.8) is 0 Å². The van der Waals surface area contributed by atoms with Crippen molar-refractivity contribution in [3.8, 4) is 5.75 Å². The van der Waals surface area contributed by atoms with Crippen LogP contribution in [0.1, 0.15) is 12.0 Å². The number of ether oxygens (including phenoxy) is 2. The van der Waals surface area contributed by atoms with Crippen molar-refractivity contribution in [2.45, 2.75) is 6.42 Å². The summed E-state index contributed by atoms with van der Waals surface area (Å²) in [5, 5.41) is 0. The maximum absolute atomic E-state index is 14.0. The van der Waals surface area contributed by atoms with E-state index in [1.54, 1.807) is 31.4 Å². The number of methoxy groups -OCH3 is 1. The van der Waals surface area contributed by atoms with Crippen LogP contribution in [0.4, 0.5) is 18.9 Å². The molecule has 4 nitrogen and oxygen atoms in total. The molecule has 0 unspecified atom stereocenters. The van der Waals surface area contributed by atoms with Gasteiger partial charge in [0.15, 0.2) is 11.6 Å². The molecule has 0 radical (unpaired) electrons. The Bertz CT molecular complexity index is 1120. The van der Waals surface area contributed by atoms with E-state index in [4.69, 9.17) is 9.47 Å². The van der Waals surface area contributed by atoms with Crippen molar-refractivity contribution in [1.82, 2.24) is 0 Å². The molecule has 29 heavy (non-hydrogen) atoms. The van der Waals surface area contributed by atoms with Gasteiger partial charge in [0.2, 0.25) is 11.6 Å². The number of likely N-dealkylation sites (N-methyl/N-ethyl adjacent to an activating group) is 1. The van der Waals surface area contributed by atoms with E-state index in [0.717, 1.165) is 0 Å². The maximum atomic E-state index is 14.0. The van der Waals surface area contributed by atoms with Crippen molar-refractivity contribution in [2.24, 2.45) is 0 Å². The van der Waals surface area contributed by atoms with Crippen molar-refractivity contribution in [2.75, 3.05) is 19.1 Å². The van der Waals surface area contributed by atoms with Gasteiger partial charge in [0.1, 0.15) is 5.76 Å². The molecule has 1 aliphatic carbocycles. The molecule has 4 rings (SSSR count). The zero-order chi connectivity index (χ0) is 20.7. The molecular weight excluding hydrogens is 383 g/mol. The van der Waals surface area contributed by atoms with Gasteiger partial charge >= 0.3 is 5.97 Å². The first-order chi connectivity index (χ1) is 13.9. The van der Waals surface area contributed by atoms with Gasteiger partial charge in [-0.1, -0.05) is 18.2 Å². The number of allylic oxidation sites excluding steroid dienone is 3. The minimum Gasteiger partial charge on any atom is -0.497 e. The molecule has 2 aliphatic rings. The van der Waals surface area contributed by atoms with Crippen LogP contribution in [-0.2, 0) is 9.53 Å². The van der Waals surface area contributed by atoms with Gasteiger partial charge in [-0.25, -0.2) is 13.6 Å². The Morgan fingerprint density at radius 3 is 2.55 bits per heavy atom. The summed E-state index contributed by atoms with van der Waals surface area (Å²) < 4.78 is 51.8. The van der Waals surface area contributed by atoms with Gasteiger partial charge in [-0.3, -0.25) is 0 Å². The number of anilines is 1. The summed E-state index contributed by atoms with van der Waals surface area (Å²) in [6.07, 6.45) is 3.91. The number of hydrogen-bond acceptors (Lipinski definition) is 4. The zero-order valence-corrected chi connectivity index (χ0v) is 15.6. The summed E-state index contributed by atoms with van der Waals surface area (Å²) in [5.74, 6) is -5.42. The van der Waals surface area contributed by atoms with E-state index in [9.17, 15) is 18.0 Å². The first-order valence-corrected chi connectivity index (χ1v) is 8.80. The SMILES string of the molecule is COC1=CCC2=C(C(=O)Oc3c(F)ccc(F)c3F)c3ccccc3N(C)C2=C1. The number of esters is 1. The van der Waals surface area contributed by atoms with E-state index in [1.807, 2.05) is 24.1 Å². The van der Waals surface area contributed by atoms with Gasteiger partial charge in [-0.15, -0.1) is 0 Å². The molecule has 1 aliphatic heterocycles. The van der Waals surface area contributed by atoms with Crippen LogP contribution in [0, 0.1) is 17.5 Å². The van der Waals surface area contributed by atoms with E-state index in [0.29, 0.717) is 46.8 Å². The van der Waals surface area contributed by atoms with Crippen LogP contribution in [0.15, 0.2) is 65.6 Å². The van der Waals surface area contributed by atoms with Gasteiger partial charge in [-0.05, 0) is 36.3 Å². The van der Waals surface area contributed by atoms with E-state index in [2.05, 4.69) is 0 Å². The van der Waals surface area contributed by atoms with Crippen LogP contribution in [0.5, 0.6) is 5.75 Å². The maximum Gasteiger partial charge on any atom is 0.344 e. The highest BCUT2D eigenvalue weighted by molar-refractivity contribution is 6.22. The van der Waals surface area contributed by atoms with Crippen molar-refractivity contribution >= 4 is 17.2 Å². The Hall–Kier alpha value is -3.48. The molecule has 0 aromatic heterocycles. The Kier molecular flexibility index (Phi) is 4.66. The lowest BCUT2D eigenvalue weighted by Crippen LogP contribution is -2.28. The summed E-state index contributed by atoms with van der Waals surface area (Å²) >= 11 is 0. The van der Waals surface area contributed by atoms with Crippen LogP contribution in [-0.4, -0.2) is 20.1 Å². The number of fused-ring (bicyclic) bond motifs is 2. The summed E-state index contributed by atoms with van der Waals surface area (Å²) in [6.45, 7) is 0. The number of nitrogens with zero attached hydrogens (tertiary/aromatic N) is 1. The fourth-order valence-corrected chi connectivity index (χ4v) is 3.51. The van der Waals surface area contributed by atoms with Crippen molar-refractivity contribution in [3.05, 3.63) is 88.6 Å². The van der Waals surface area contributed by atoms with Crippen LogP contribution < -0.4 is 9.64 Å². The number of carbonyl (C=O) groups is 1. The molecule has 0 spiro atoms. The fraction of sp³-hybridized carbons (Fsp3) is 0.136. The summed E-state index contributed by atoms with van der Waals surface area (Å²) in [6, 6.07) is 8.44. The van der Waals surface area contributed by atoms with Gasteiger partial charge in [0.25, 0.3) is 0 Å². The second kappa shape index (κ2) is 7.16. The van der Waals surface area contributed by atoms with Crippen LogP contribution in [0.3, 0.4) is 0 Å². The number of halogens is 3. The third kappa shape index (κ3) is 3.08. The molecule has 2 aromatic rings. The summed E-state index contributed by atoms with van der Waals surface area (Å²) in [7, 11) is 3.39.